The summed E-state index contributed by atoms with van der Waals surface area (Å²) in [5.41, 5.74) is 1.25. The van der Waals surface area contributed by atoms with Crippen molar-refractivity contribution in [1.29, 1.82) is 0 Å². The van der Waals surface area contributed by atoms with E-state index in [2.05, 4.69) is 15.1 Å². The summed E-state index contributed by atoms with van der Waals surface area (Å²) in [4.78, 5) is 13.4. The smallest absolute Gasteiger partial charge is 0.171 e. The van der Waals surface area contributed by atoms with Crippen LogP contribution >= 0.6 is 0 Å². The van der Waals surface area contributed by atoms with Gasteiger partial charge in [-0.2, -0.15) is 0 Å². The zero-order chi connectivity index (χ0) is 13.1. The molecule has 19 heavy (non-hydrogen) atoms. The molecule has 0 aliphatic carbocycles. The van der Waals surface area contributed by atoms with Gasteiger partial charge in [-0.3, -0.25) is 9.20 Å². The highest BCUT2D eigenvalue weighted by Crippen LogP contribution is 2.11. The Hall–Kier alpha value is -1.75. The van der Waals surface area contributed by atoms with Gasteiger partial charge in [0.05, 0.1) is 5.56 Å². The zero-order valence-electron chi connectivity index (χ0n) is 11.0. The molecule has 0 radical (unpaired) electrons. The molecule has 0 bridgehead atoms. The summed E-state index contributed by atoms with van der Waals surface area (Å²) in [5, 5.41) is 8.33. The quantitative estimate of drug-likeness (QED) is 0.781. The van der Waals surface area contributed by atoms with E-state index in [0.717, 1.165) is 25.1 Å². The molecule has 0 amide bonds. The number of likely N-dealkylation sites (tertiary alicyclic amines) is 1. The summed E-state index contributed by atoms with van der Waals surface area (Å²) in [5.74, 6) is 0.935. The van der Waals surface area contributed by atoms with E-state index in [-0.39, 0.29) is 0 Å². The summed E-state index contributed by atoms with van der Waals surface area (Å²) in [6.45, 7) is 3.40. The third-order valence-corrected chi connectivity index (χ3v) is 3.76. The normalized spacial score (nSPS) is 16.8. The highest BCUT2D eigenvalue weighted by molar-refractivity contribution is 5.83. The minimum atomic E-state index is 0.597. The second-order valence-electron chi connectivity index (χ2n) is 5.04. The second-order valence-corrected chi connectivity index (χ2v) is 5.04. The molecule has 3 rings (SSSR count). The highest BCUT2D eigenvalue weighted by atomic mass is 16.1. The van der Waals surface area contributed by atoms with Crippen molar-refractivity contribution in [3.63, 3.8) is 0 Å². The van der Waals surface area contributed by atoms with Crippen LogP contribution in [-0.2, 0) is 6.42 Å². The molecule has 0 saturated carbocycles. The van der Waals surface area contributed by atoms with Gasteiger partial charge in [-0.1, -0.05) is 6.42 Å². The number of fused-ring (bicyclic) bond motifs is 1. The minimum absolute atomic E-state index is 0.597. The average Bonchev–Trinajstić information content (AvgIpc) is 2.89. The van der Waals surface area contributed by atoms with Crippen LogP contribution in [-0.4, -0.2) is 45.4 Å². The number of nitrogens with zero attached hydrogens (tertiary/aromatic N) is 4. The van der Waals surface area contributed by atoms with Gasteiger partial charge in [0.2, 0.25) is 0 Å². The number of rotatable bonds is 4. The molecule has 0 atom stereocenters. The van der Waals surface area contributed by atoms with Crippen molar-refractivity contribution in [3.8, 4) is 0 Å². The van der Waals surface area contributed by atoms with Crippen LogP contribution in [0.3, 0.4) is 0 Å². The molecule has 1 aliphatic rings. The van der Waals surface area contributed by atoms with Gasteiger partial charge < -0.3 is 4.90 Å². The summed E-state index contributed by atoms with van der Waals surface area (Å²) < 4.78 is 1.92. The van der Waals surface area contributed by atoms with Gasteiger partial charge >= 0.3 is 0 Å². The maximum Gasteiger partial charge on any atom is 0.171 e. The number of aromatic nitrogens is 3. The minimum Gasteiger partial charge on any atom is -0.303 e. The van der Waals surface area contributed by atoms with Gasteiger partial charge in [0.25, 0.3) is 0 Å². The van der Waals surface area contributed by atoms with Crippen LogP contribution in [0.15, 0.2) is 18.3 Å². The molecule has 0 N–H and O–H groups in total. The summed E-state index contributed by atoms with van der Waals surface area (Å²) in [6, 6.07) is 3.63. The lowest BCUT2D eigenvalue weighted by atomic mass is 10.1. The summed E-state index contributed by atoms with van der Waals surface area (Å²) in [6.07, 6.45) is 7.59. The molecule has 1 saturated heterocycles. The van der Waals surface area contributed by atoms with E-state index in [0.29, 0.717) is 11.2 Å². The predicted molar refractivity (Wildman–Crippen MR) is 72.4 cm³/mol. The number of piperidine rings is 1. The SMILES string of the molecule is O=Cc1cccn2c(CCN3CCCCC3)nnc12. The first kappa shape index (κ1) is 12.3. The Labute approximate surface area is 112 Å². The van der Waals surface area contributed by atoms with E-state index in [4.69, 9.17) is 0 Å². The van der Waals surface area contributed by atoms with Crippen molar-refractivity contribution in [3.05, 3.63) is 29.7 Å². The Bertz CT molecular complexity index is 572. The second kappa shape index (κ2) is 5.48. The molecular formula is C14H18N4O. The fourth-order valence-corrected chi connectivity index (χ4v) is 2.69. The van der Waals surface area contributed by atoms with E-state index >= 15 is 0 Å². The third kappa shape index (κ3) is 2.51. The van der Waals surface area contributed by atoms with E-state index in [1.165, 1.54) is 32.4 Å². The lowest BCUT2D eigenvalue weighted by Gasteiger charge is -2.25. The fourth-order valence-electron chi connectivity index (χ4n) is 2.69. The highest BCUT2D eigenvalue weighted by Gasteiger charge is 2.13. The first-order valence-corrected chi connectivity index (χ1v) is 6.88. The van der Waals surface area contributed by atoms with E-state index in [1.807, 2.05) is 16.7 Å². The van der Waals surface area contributed by atoms with E-state index in [1.54, 1.807) is 6.07 Å². The lowest BCUT2D eigenvalue weighted by molar-refractivity contribution is 0.112. The number of hydrogen-bond donors (Lipinski definition) is 0. The summed E-state index contributed by atoms with van der Waals surface area (Å²) in [7, 11) is 0. The number of hydrogen-bond acceptors (Lipinski definition) is 4. The van der Waals surface area contributed by atoms with Crippen LogP contribution in [0, 0.1) is 0 Å². The molecule has 0 aromatic carbocycles. The van der Waals surface area contributed by atoms with Gasteiger partial charge in [0.1, 0.15) is 5.82 Å². The van der Waals surface area contributed by atoms with Crippen LogP contribution < -0.4 is 0 Å². The molecule has 1 fully saturated rings. The molecule has 5 heteroatoms. The molecule has 100 valence electrons. The Morgan fingerprint density at radius 1 is 1.21 bits per heavy atom. The number of carbonyl (C=O) groups excluding carboxylic acids is 1. The van der Waals surface area contributed by atoms with Crippen molar-refractivity contribution in [2.45, 2.75) is 25.7 Å². The molecular weight excluding hydrogens is 240 g/mol. The van der Waals surface area contributed by atoms with Gasteiger partial charge in [0, 0.05) is 19.2 Å². The Kier molecular flexibility index (Phi) is 3.55. The van der Waals surface area contributed by atoms with Crippen LogP contribution in [0.2, 0.25) is 0 Å². The van der Waals surface area contributed by atoms with Crippen molar-refractivity contribution in [2.24, 2.45) is 0 Å². The first-order valence-electron chi connectivity index (χ1n) is 6.88. The van der Waals surface area contributed by atoms with Crippen molar-refractivity contribution >= 4 is 11.9 Å². The maximum atomic E-state index is 10.9. The predicted octanol–water partition coefficient (Wildman–Crippen LogP) is 1.57. The number of carbonyl (C=O) groups is 1. The van der Waals surface area contributed by atoms with Crippen LogP contribution in [0.5, 0.6) is 0 Å². The standard InChI is InChI=1S/C14H18N4O/c19-11-12-5-4-9-18-13(15-16-14(12)18)6-10-17-7-2-1-3-8-17/h4-5,9,11H,1-3,6-8,10H2. The third-order valence-electron chi connectivity index (χ3n) is 3.76. The molecule has 5 nitrogen and oxygen atoms in total. The lowest BCUT2D eigenvalue weighted by Crippen LogP contribution is -2.31. The molecule has 3 heterocycles. The van der Waals surface area contributed by atoms with Crippen LogP contribution in [0.25, 0.3) is 5.65 Å². The van der Waals surface area contributed by atoms with Crippen molar-refractivity contribution in [1.82, 2.24) is 19.5 Å². The molecule has 0 unspecified atom stereocenters. The zero-order valence-corrected chi connectivity index (χ0v) is 11.0. The molecule has 2 aromatic heterocycles. The monoisotopic (exact) mass is 258 g/mol. The Morgan fingerprint density at radius 2 is 2.05 bits per heavy atom. The van der Waals surface area contributed by atoms with E-state index in [9.17, 15) is 4.79 Å². The average molecular weight is 258 g/mol. The van der Waals surface area contributed by atoms with Crippen molar-refractivity contribution < 1.29 is 4.79 Å². The Morgan fingerprint density at radius 3 is 2.84 bits per heavy atom. The number of pyridine rings is 1. The maximum absolute atomic E-state index is 10.9. The topological polar surface area (TPSA) is 50.5 Å². The van der Waals surface area contributed by atoms with Crippen LogP contribution in [0.1, 0.15) is 35.4 Å². The van der Waals surface area contributed by atoms with E-state index < -0.39 is 0 Å². The first-order chi connectivity index (χ1) is 9.38. The fraction of sp³-hybridized carbons (Fsp3) is 0.500. The van der Waals surface area contributed by atoms with Gasteiger partial charge in [-0.25, -0.2) is 0 Å². The molecule has 2 aromatic rings. The molecule has 1 aliphatic heterocycles. The van der Waals surface area contributed by atoms with Gasteiger partial charge in [0.15, 0.2) is 11.9 Å². The Balaban J connectivity index is 1.76. The number of aldehydes is 1. The van der Waals surface area contributed by atoms with Gasteiger partial charge in [-0.15, -0.1) is 10.2 Å². The van der Waals surface area contributed by atoms with Gasteiger partial charge in [-0.05, 0) is 38.1 Å². The van der Waals surface area contributed by atoms with Crippen LogP contribution in [0.4, 0.5) is 0 Å². The molecule has 0 spiro atoms. The van der Waals surface area contributed by atoms with Crippen molar-refractivity contribution in [2.75, 3.05) is 19.6 Å². The largest absolute Gasteiger partial charge is 0.303 e. The summed E-state index contributed by atoms with van der Waals surface area (Å²) >= 11 is 0.